The fourth-order valence-electron chi connectivity index (χ4n) is 2.85. The van der Waals surface area contributed by atoms with E-state index in [1.54, 1.807) is 0 Å². The maximum absolute atomic E-state index is 12.4. The number of para-hydroxylation sites is 2. The molecule has 0 fully saturated rings. The Kier molecular flexibility index (Phi) is 7.35. The quantitative estimate of drug-likeness (QED) is 0.511. The summed E-state index contributed by atoms with van der Waals surface area (Å²) in [6, 6.07) is 15.2. The lowest BCUT2D eigenvalue weighted by Gasteiger charge is -2.14. The third-order valence-electron chi connectivity index (χ3n) is 4.36. The fraction of sp³-hybridized carbons (Fsp3) is 0.318. The number of ether oxygens (including phenoxy) is 2. The molecule has 1 unspecified atom stereocenters. The molecule has 1 aromatic heterocycles. The minimum Gasteiger partial charge on any atom is -0.492 e. The van der Waals surface area contributed by atoms with Crippen molar-refractivity contribution in [3.63, 3.8) is 0 Å². The minimum atomic E-state index is -0.272. The number of nitrogens with zero attached hydrogens (tertiary/aromatic N) is 3. The standard InChI is InChI=1S/C22H26N4O3S/c1-5-28-19-9-7-6-8-18(19)23-20(27)14-30-22-25-24-21(26(22)4)16(3)29-17-12-10-15(2)11-13-17/h6-13,16H,5,14H2,1-4H3,(H,23,27). The topological polar surface area (TPSA) is 78.3 Å². The Hall–Kier alpha value is -3.00. The first-order chi connectivity index (χ1) is 14.5. The molecule has 158 valence electrons. The van der Waals surface area contributed by atoms with E-state index in [-0.39, 0.29) is 17.8 Å². The van der Waals surface area contributed by atoms with Crippen LogP contribution in [0, 0.1) is 6.92 Å². The highest BCUT2D eigenvalue weighted by Gasteiger charge is 2.18. The van der Waals surface area contributed by atoms with Crippen molar-refractivity contribution in [2.75, 3.05) is 17.7 Å². The molecule has 0 aliphatic carbocycles. The van der Waals surface area contributed by atoms with Crippen molar-refractivity contribution in [2.45, 2.75) is 32.0 Å². The number of carbonyl (C=O) groups excluding carboxylic acids is 1. The molecule has 0 saturated carbocycles. The van der Waals surface area contributed by atoms with Gasteiger partial charge in [-0.1, -0.05) is 41.6 Å². The number of carbonyl (C=O) groups is 1. The molecule has 30 heavy (non-hydrogen) atoms. The molecular weight excluding hydrogens is 400 g/mol. The van der Waals surface area contributed by atoms with Crippen molar-refractivity contribution in [3.05, 3.63) is 59.9 Å². The van der Waals surface area contributed by atoms with Gasteiger partial charge in [-0.05, 0) is 45.0 Å². The third kappa shape index (κ3) is 5.54. The zero-order chi connectivity index (χ0) is 21.5. The second-order valence-electron chi connectivity index (χ2n) is 6.74. The van der Waals surface area contributed by atoms with Gasteiger partial charge in [-0.15, -0.1) is 10.2 Å². The highest BCUT2D eigenvalue weighted by molar-refractivity contribution is 7.99. The predicted octanol–water partition coefficient (Wildman–Crippen LogP) is 4.39. The molecule has 0 spiro atoms. The van der Waals surface area contributed by atoms with Crippen molar-refractivity contribution >= 4 is 23.4 Å². The van der Waals surface area contributed by atoms with Gasteiger partial charge in [0.15, 0.2) is 17.1 Å². The molecule has 8 heteroatoms. The van der Waals surface area contributed by atoms with Gasteiger partial charge in [-0.2, -0.15) is 0 Å². The lowest BCUT2D eigenvalue weighted by molar-refractivity contribution is -0.113. The van der Waals surface area contributed by atoms with E-state index in [0.717, 1.165) is 5.75 Å². The number of aryl methyl sites for hydroxylation is 1. The molecule has 3 rings (SSSR count). The highest BCUT2D eigenvalue weighted by atomic mass is 32.2. The molecule has 1 heterocycles. The Morgan fingerprint density at radius 3 is 2.63 bits per heavy atom. The van der Waals surface area contributed by atoms with Gasteiger partial charge in [0, 0.05) is 7.05 Å². The van der Waals surface area contributed by atoms with Gasteiger partial charge in [0.25, 0.3) is 0 Å². The molecule has 0 bridgehead atoms. The number of benzene rings is 2. The Labute approximate surface area is 180 Å². The van der Waals surface area contributed by atoms with Crippen LogP contribution in [0.15, 0.2) is 53.7 Å². The normalized spacial score (nSPS) is 11.7. The van der Waals surface area contributed by atoms with E-state index < -0.39 is 0 Å². The van der Waals surface area contributed by atoms with Crippen LogP contribution in [0.3, 0.4) is 0 Å². The smallest absolute Gasteiger partial charge is 0.234 e. The zero-order valence-corrected chi connectivity index (χ0v) is 18.4. The summed E-state index contributed by atoms with van der Waals surface area (Å²) >= 11 is 1.32. The molecular formula is C22H26N4O3S. The first kappa shape index (κ1) is 21.7. The molecule has 0 aliphatic heterocycles. The molecule has 0 saturated heterocycles. The summed E-state index contributed by atoms with van der Waals surface area (Å²) in [6.45, 7) is 6.40. The van der Waals surface area contributed by atoms with Crippen LogP contribution >= 0.6 is 11.8 Å². The Bertz CT molecular complexity index is 988. The molecule has 2 aromatic carbocycles. The lowest BCUT2D eigenvalue weighted by Crippen LogP contribution is -2.15. The van der Waals surface area contributed by atoms with Gasteiger partial charge in [0.05, 0.1) is 18.0 Å². The van der Waals surface area contributed by atoms with Crippen molar-refractivity contribution in [1.82, 2.24) is 14.8 Å². The van der Waals surface area contributed by atoms with Crippen LogP contribution in [-0.4, -0.2) is 33.0 Å². The Balaban J connectivity index is 1.58. The van der Waals surface area contributed by atoms with Gasteiger partial charge in [-0.25, -0.2) is 0 Å². The number of rotatable bonds is 9. The molecule has 0 aliphatic rings. The van der Waals surface area contributed by atoms with Crippen LogP contribution < -0.4 is 14.8 Å². The van der Waals surface area contributed by atoms with E-state index in [4.69, 9.17) is 9.47 Å². The molecule has 7 nitrogen and oxygen atoms in total. The van der Waals surface area contributed by atoms with Crippen LogP contribution in [0.4, 0.5) is 5.69 Å². The number of hydrogen-bond donors (Lipinski definition) is 1. The summed E-state index contributed by atoms with van der Waals surface area (Å²) in [6.07, 6.45) is -0.272. The summed E-state index contributed by atoms with van der Waals surface area (Å²) in [5.41, 5.74) is 1.83. The van der Waals surface area contributed by atoms with Crippen molar-refractivity contribution in [1.29, 1.82) is 0 Å². The van der Waals surface area contributed by atoms with Crippen molar-refractivity contribution in [2.24, 2.45) is 7.05 Å². The van der Waals surface area contributed by atoms with E-state index in [1.807, 2.05) is 80.9 Å². The predicted molar refractivity (Wildman–Crippen MR) is 118 cm³/mol. The zero-order valence-electron chi connectivity index (χ0n) is 17.6. The minimum absolute atomic E-state index is 0.138. The fourth-order valence-corrected chi connectivity index (χ4v) is 3.57. The van der Waals surface area contributed by atoms with Gasteiger partial charge >= 0.3 is 0 Å². The van der Waals surface area contributed by atoms with Gasteiger partial charge in [0.2, 0.25) is 5.91 Å². The van der Waals surface area contributed by atoms with Crippen LogP contribution in [0.5, 0.6) is 11.5 Å². The van der Waals surface area contributed by atoms with Gasteiger partial charge < -0.3 is 19.4 Å². The van der Waals surface area contributed by atoms with Crippen LogP contribution in [0.25, 0.3) is 0 Å². The Morgan fingerprint density at radius 2 is 1.90 bits per heavy atom. The molecule has 3 aromatic rings. The average molecular weight is 427 g/mol. The largest absolute Gasteiger partial charge is 0.492 e. The van der Waals surface area contributed by atoms with E-state index >= 15 is 0 Å². The average Bonchev–Trinajstić information content (AvgIpc) is 3.10. The number of amides is 1. The number of thioether (sulfide) groups is 1. The molecule has 1 amide bonds. The summed E-state index contributed by atoms with van der Waals surface area (Å²) < 4.78 is 13.4. The van der Waals surface area contributed by atoms with E-state index in [0.29, 0.717) is 29.0 Å². The van der Waals surface area contributed by atoms with Gasteiger partial charge in [-0.3, -0.25) is 4.79 Å². The van der Waals surface area contributed by atoms with E-state index in [1.165, 1.54) is 17.3 Å². The summed E-state index contributed by atoms with van der Waals surface area (Å²) in [7, 11) is 1.87. The van der Waals surface area contributed by atoms with Crippen LogP contribution in [0.2, 0.25) is 0 Å². The third-order valence-corrected chi connectivity index (χ3v) is 5.38. The summed E-state index contributed by atoms with van der Waals surface area (Å²) in [5, 5.41) is 12.0. The number of aromatic nitrogens is 3. The summed E-state index contributed by atoms with van der Waals surface area (Å²) in [5.74, 6) is 2.19. The summed E-state index contributed by atoms with van der Waals surface area (Å²) in [4.78, 5) is 12.4. The maximum Gasteiger partial charge on any atom is 0.234 e. The molecule has 0 radical (unpaired) electrons. The first-order valence-corrected chi connectivity index (χ1v) is 10.7. The number of anilines is 1. The first-order valence-electron chi connectivity index (χ1n) is 9.75. The van der Waals surface area contributed by atoms with Gasteiger partial charge in [0.1, 0.15) is 11.5 Å². The second-order valence-corrected chi connectivity index (χ2v) is 7.68. The van der Waals surface area contributed by atoms with Crippen LogP contribution in [0.1, 0.15) is 31.3 Å². The number of hydrogen-bond acceptors (Lipinski definition) is 6. The van der Waals surface area contributed by atoms with Crippen molar-refractivity contribution in [3.8, 4) is 11.5 Å². The van der Waals surface area contributed by atoms with E-state index in [9.17, 15) is 4.79 Å². The SMILES string of the molecule is CCOc1ccccc1NC(=O)CSc1nnc(C(C)Oc2ccc(C)cc2)n1C. The lowest BCUT2D eigenvalue weighted by atomic mass is 10.2. The van der Waals surface area contributed by atoms with Crippen molar-refractivity contribution < 1.29 is 14.3 Å². The molecule has 1 atom stereocenters. The number of nitrogens with one attached hydrogen (secondary N) is 1. The Morgan fingerprint density at radius 1 is 1.17 bits per heavy atom. The maximum atomic E-state index is 12.4. The van der Waals surface area contributed by atoms with Crippen LogP contribution in [-0.2, 0) is 11.8 Å². The highest BCUT2D eigenvalue weighted by Crippen LogP contribution is 2.26. The monoisotopic (exact) mass is 426 g/mol. The molecule has 1 N–H and O–H groups in total. The van der Waals surface area contributed by atoms with E-state index in [2.05, 4.69) is 15.5 Å². The second kappa shape index (κ2) is 10.2.